The van der Waals surface area contributed by atoms with Gasteiger partial charge in [-0.15, -0.1) is 0 Å². The Morgan fingerprint density at radius 2 is 1.68 bits per heavy atom. The van der Waals surface area contributed by atoms with Crippen molar-refractivity contribution < 1.29 is 32.2 Å². The lowest BCUT2D eigenvalue weighted by Gasteiger charge is -2.12. The normalized spacial score (nSPS) is 12.4. The van der Waals surface area contributed by atoms with Crippen molar-refractivity contribution in [1.82, 2.24) is 4.98 Å². The van der Waals surface area contributed by atoms with E-state index in [2.05, 4.69) is 15.6 Å². The molecular weight excluding hydrogens is 451 g/mol. The summed E-state index contributed by atoms with van der Waals surface area (Å²) in [5, 5.41) is 5.00. The Bertz CT molecular complexity index is 1250. The first-order valence-electron chi connectivity index (χ1n) is 10.1. The molecule has 0 radical (unpaired) electrons. The Labute approximate surface area is 192 Å². The smallest absolute Gasteiger partial charge is 0.416 e. The van der Waals surface area contributed by atoms with Crippen molar-refractivity contribution >= 4 is 29.1 Å². The number of rotatable bonds is 5. The predicted octanol–water partition coefficient (Wildman–Crippen LogP) is 6.00. The predicted molar refractivity (Wildman–Crippen MR) is 118 cm³/mol. The molecule has 0 atom stereocenters. The van der Waals surface area contributed by atoms with Crippen LogP contribution in [0.3, 0.4) is 0 Å². The number of pyridine rings is 1. The van der Waals surface area contributed by atoms with E-state index in [4.69, 9.17) is 9.47 Å². The van der Waals surface area contributed by atoms with E-state index in [-0.39, 0.29) is 11.6 Å². The minimum Gasteiger partial charge on any atom is -0.439 e. The fraction of sp³-hybridized carbons (Fsp3) is 0.125. The number of alkyl halides is 3. The molecule has 1 aromatic heterocycles. The molecule has 1 aliphatic rings. The van der Waals surface area contributed by atoms with Gasteiger partial charge in [-0.1, -0.05) is 12.1 Å². The first-order chi connectivity index (χ1) is 16.2. The molecule has 2 N–H and O–H groups in total. The number of hydrogen-bond acceptors (Lipinski definition) is 5. The third kappa shape index (κ3) is 5.34. The van der Waals surface area contributed by atoms with Crippen LogP contribution in [0.25, 0.3) is 5.76 Å². The summed E-state index contributed by atoms with van der Waals surface area (Å²) < 4.78 is 49.0. The van der Waals surface area contributed by atoms with Gasteiger partial charge >= 0.3 is 18.2 Å². The number of allylic oxidation sites excluding steroid dienone is 1. The molecule has 2 aromatic carbocycles. The Morgan fingerprint density at radius 3 is 2.32 bits per heavy atom. The number of halogens is 3. The fourth-order valence-electron chi connectivity index (χ4n) is 3.32. The lowest BCUT2D eigenvalue weighted by Crippen LogP contribution is -2.19. The first-order valence-corrected chi connectivity index (χ1v) is 10.1. The molecule has 10 heteroatoms. The molecule has 0 saturated heterocycles. The van der Waals surface area contributed by atoms with E-state index >= 15 is 0 Å². The van der Waals surface area contributed by atoms with Gasteiger partial charge in [0.1, 0.15) is 11.5 Å². The number of aromatic nitrogens is 1. The van der Waals surface area contributed by atoms with Gasteiger partial charge in [-0.25, -0.2) is 9.78 Å². The van der Waals surface area contributed by atoms with E-state index in [1.54, 1.807) is 30.3 Å². The van der Waals surface area contributed by atoms with E-state index in [9.17, 15) is 22.8 Å². The lowest BCUT2D eigenvalue weighted by atomic mass is 10.1. The molecule has 0 saturated carbocycles. The summed E-state index contributed by atoms with van der Waals surface area (Å²) in [6.07, 6.45) is -0.725. The van der Waals surface area contributed by atoms with Gasteiger partial charge in [0.25, 0.3) is 0 Å². The molecule has 7 nitrogen and oxygen atoms in total. The summed E-state index contributed by atoms with van der Waals surface area (Å²) in [4.78, 5) is 27.6. The molecule has 0 fully saturated rings. The molecule has 174 valence electrons. The Balaban J connectivity index is 1.37. The van der Waals surface area contributed by atoms with Gasteiger partial charge in [-0.05, 0) is 48.9 Å². The zero-order chi connectivity index (χ0) is 24.3. The van der Waals surface area contributed by atoms with Crippen molar-refractivity contribution in [2.75, 3.05) is 10.6 Å². The SMILES string of the molecule is CC(=O)OC1=CCc2c(Oc3ccc(NC(=O)Nc4ccc(C(F)(F)F)cc4)cn3)cccc21. The van der Waals surface area contributed by atoms with Crippen molar-refractivity contribution in [1.29, 1.82) is 0 Å². The summed E-state index contributed by atoms with van der Waals surface area (Å²) in [5.41, 5.74) is 1.39. The van der Waals surface area contributed by atoms with Gasteiger partial charge in [0.2, 0.25) is 5.88 Å². The third-order valence-electron chi connectivity index (χ3n) is 4.82. The standard InChI is InChI=1S/C24H18F3N3O4/c1-14(31)33-21-11-10-19-18(21)3-2-4-20(19)34-22-12-9-17(13-28-22)30-23(32)29-16-7-5-15(6-8-16)24(25,26)27/h2-9,11-13H,10H2,1H3,(H2,29,30,32). The van der Waals surface area contributed by atoms with E-state index < -0.39 is 23.7 Å². The third-order valence-corrected chi connectivity index (χ3v) is 4.82. The van der Waals surface area contributed by atoms with Crippen LogP contribution in [0.1, 0.15) is 23.6 Å². The van der Waals surface area contributed by atoms with Crippen molar-refractivity contribution in [3.8, 4) is 11.6 Å². The van der Waals surface area contributed by atoms with Crippen molar-refractivity contribution in [3.05, 3.63) is 83.6 Å². The number of nitrogens with zero attached hydrogens (tertiary/aromatic N) is 1. The quantitative estimate of drug-likeness (QED) is 0.448. The largest absolute Gasteiger partial charge is 0.439 e. The molecular formula is C24H18F3N3O4. The van der Waals surface area contributed by atoms with Crippen LogP contribution in [0.2, 0.25) is 0 Å². The lowest BCUT2D eigenvalue weighted by molar-refractivity contribution is -0.137. The van der Waals surface area contributed by atoms with E-state index in [1.165, 1.54) is 13.1 Å². The molecule has 0 spiro atoms. The number of anilines is 2. The topological polar surface area (TPSA) is 89.5 Å². The van der Waals surface area contributed by atoms with Gasteiger partial charge in [-0.3, -0.25) is 4.79 Å². The highest BCUT2D eigenvalue weighted by Gasteiger charge is 2.30. The van der Waals surface area contributed by atoms with Crippen LogP contribution in [-0.4, -0.2) is 17.0 Å². The van der Waals surface area contributed by atoms with Crippen LogP contribution in [0.15, 0.2) is 66.9 Å². The van der Waals surface area contributed by atoms with Gasteiger partial charge in [0, 0.05) is 29.8 Å². The molecule has 3 aromatic rings. The summed E-state index contributed by atoms with van der Waals surface area (Å²) in [6.45, 7) is 1.34. The average molecular weight is 469 g/mol. The maximum Gasteiger partial charge on any atom is 0.416 e. The number of carbonyl (C=O) groups excluding carboxylic acids is 2. The zero-order valence-electron chi connectivity index (χ0n) is 17.8. The summed E-state index contributed by atoms with van der Waals surface area (Å²) in [7, 11) is 0. The van der Waals surface area contributed by atoms with Crippen LogP contribution in [0.4, 0.5) is 29.3 Å². The second kappa shape index (κ2) is 9.26. The molecule has 0 aliphatic heterocycles. The van der Waals surface area contributed by atoms with E-state index in [0.29, 0.717) is 23.6 Å². The number of urea groups is 1. The summed E-state index contributed by atoms with van der Waals surface area (Å²) in [5.74, 6) is 0.921. The Kier molecular flexibility index (Phi) is 6.22. The Hall–Kier alpha value is -4.34. The number of nitrogens with one attached hydrogen (secondary N) is 2. The van der Waals surface area contributed by atoms with Crippen LogP contribution in [0, 0.1) is 0 Å². The van der Waals surface area contributed by atoms with Gasteiger partial charge in [-0.2, -0.15) is 13.2 Å². The van der Waals surface area contributed by atoms with Crippen molar-refractivity contribution in [2.24, 2.45) is 0 Å². The van der Waals surface area contributed by atoms with Gasteiger partial charge in [0.05, 0.1) is 17.4 Å². The van der Waals surface area contributed by atoms with Gasteiger partial charge < -0.3 is 20.1 Å². The molecule has 34 heavy (non-hydrogen) atoms. The molecule has 1 aliphatic carbocycles. The number of hydrogen-bond donors (Lipinski definition) is 2. The number of fused-ring (bicyclic) bond motifs is 1. The second-order valence-electron chi connectivity index (χ2n) is 7.29. The van der Waals surface area contributed by atoms with Crippen LogP contribution in [0.5, 0.6) is 11.6 Å². The summed E-state index contributed by atoms with van der Waals surface area (Å²) in [6, 6.07) is 12.0. The number of esters is 1. The molecule has 1 heterocycles. The minimum absolute atomic E-state index is 0.207. The van der Waals surface area contributed by atoms with Crippen LogP contribution >= 0.6 is 0 Å². The average Bonchev–Trinajstić information content (AvgIpc) is 3.18. The maximum atomic E-state index is 12.6. The minimum atomic E-state index is -4.45. The highest BCUT2D eigenvalue weighted by Crippen LogP contribution is 2.36. The van der Waals surface area contributed by atoms with E-state index in [1.807, 2.05) is 6.07 Å². The highest BCUT2D eigenvalue weighted by atomic mass is 19.4. The molecule has 0 bridgehead atoms. The summed E-state index contributed by atoms with van der Waals surface area (Å²) >= 11 is 0. The van der Waals surface area contributed by atoms with E-state index in [0.717, 1.165) is 35.4 Å². The molecule has 2 amide bonds. The number of ether oxygens (including phenoxy) is 2. The monoisotopic (exact) mass is 469 g/mol. The van der Waals surface area contributed by atoms with Crippen LogP contribution < -0.4 is 15.4 Å². The number of amides is 2. The molecule has 0 unspecified atom stereocenters. The second-order valence-corrected chi connectivity index (χ2v) is 7.29. The van der Waals surface area contributed by atoms with Gasteiger partial charge in [0.15, 0.2) is 0 Å². The number of benzene rings is 2. The number of carbonyl (C=O) groups is 2. The first kappa shape index (κ1) is 22.8. The van der Waals surface area contributed by atoms with Crippen molar-refractivity contribution in [2.45, 2.75) is 19.5 Å². The fourth-order valence-corrected chi connectivity index (χ4v) is 3.32. The Morgan fingerprint density at radius 1 is 0.971 bits per heavy atom. The van der Waals surface area contributed by atoms with Crippen LogP contribution in [-0.2, 0) is 22.1 Å². The molecule has 4 rings (SSSR count). The van der Waals surface area contributed by atoms with Crippen molar-refractivity contribution in [3.63, 3.8) is 0 Å². The zero-order valence-corrected chi connectivity index (χ0v) is 17.8. The maximum absolute atomic E-state index is 12.6. The highest BCUT2D eigenvalue weighted by molar-refractivity contribution is 5.99.